The SMILES string of the molecule is CCc1cccc(C2C[C@H]3CC[C@@H](C2)N3C(=O)N2CCCCC2)c1. The van der Waals surface area contributed by atoms with Crippen LogP contribution in [0.25, 0.3) is 0 Å². The molecule has 3 atom stereocenters. The molecule has 2 amide bonds. The molecule has 0 aromatic heterocycles. The molecule has 3 aliphatic rings. The molecule has 3 saturated heterocycles. The number of hydrogen-bond donors (Lipinski definition) is 0. The third kappa shape index (κ3) is 2.94. The van der Waals surface area contributed by atoms with Crippen molar-refractivity contribution < 1.29 is 4.79 Å². The Kier molecular flexibility index (Phi) is 4.51. The van der Waals surface area contributed by atoms with Crippen molar-refractivity contribution in [3.63, 3.8) is 0 Å². The van der Waals surface area contributed by atoms with Gasteiger partial charge in [0, 0.05) is 25.2 Å². The van der Waals surface area contributed by atoms with Crippen LogP contribution in [0.1, 0.15) is 68.9 Å². The Hall–Kier alpha value is -1.51. The lowest BCUT2D eigenvalue weighted by molar-refractivity contribution is 0.0991. The molecule has 1 aromatic rings. The Bertz CT molecular complexity index is 579. The number of benzene rings is 1. The third-order valence-electron chi connectivity index (χ3n) is 6.41. The number of fused-ring (bicyclic) bond motifs is 2. The molecule has 1 unspecified atom stereocenters. The highest BCUT2D eigenvalue weighted by Gasteiger charge is 2.44. The van der Waals surface area contributed by atoms with Crippen molar-refractivity contribution in [3.05, 3.63) is 35.4 Å². The molecule has 0 spiro atoms. The van der Waals surface area contributed by atoms with Crippen molar-refractivity contribution in [1.29, 1.82) is 0 Å². The van der Waals surface area contributed by atoms with E-state index in [0.29, 0.717) is 24.0 Å². The Morgan fingerprint density at radius 1 is 1.08 bits per heavy atom. The number of likely N-dealkylation sites (tertiary alicyclic amines) is 1. The predicted molar refractivity (Wildman–Crippen MR) is 97.3 cm³/mol. The summed E-state index contributed by atoms with van der Waals surface area (Å²) in [6.45, 7) is 4.16. The summed E-state index contributed by atoms with van der Waals surface area (Å²) in [5.41, 5.74) is 2.93. The second kappa shape index (κ2) is 6.78. The lowest BCUT2D eigenvalue weighted by atomic mass is 9.84. The number of aryl methyl sites for hydroxylation is 1. The number of rotatable bonds is 2. The average Bonchev–Trinajstić information content (AvgIpc) is 2.91. The van der Waals surface area contributed by atoms with Crippen LogP contribution in [0.5, 0.6) is 0 Å². The molecule has 0 saturated carbocycles. The summed E-state index contributed by atoms with van der Waals surface area (Å²) in [4.78, 5) is 17.4. The van der Waals surface area contributed by atoms with Crippen molar-refractivity contribution in [2.45, 2.75) is 76.3 Å². The minimum absolute atomic E-state index is 0.336. The predicted octanol–water partition coefficient (Wildman–Crippen LogP) is 4.57. The van der Waals surface area contributed by atoms with Crippen LogP contribution >= 0.6 is 0 Å². The molecule has 0 N–H and O–H groups in total. The van der Waals surface area contributed by atoms with Gasteiger partial charge in [-0.15, -0.1) is 0 Å². The maximum Gasteiger partial charge on any atom is 0.320 e. The molecule has 24 heavy (non-hydrogen) atoms. The maximum atomic E-state index is 13.0. The fraction of sp³-hybridized carbons (Fsp3) is 0.667. The van der Waals surface area contributed by atoms with E-state index in [-0.39, 0.29) is 0 Å². The summed E-state index contributed by atoms with van der Waals surface area (Å²) in [6, 6.07) is 10.4. The summed E-state index contributed by atoms with van der Waals surface area (Å²) in [5.74, 6) is 0.638. The van der Waals surface area contributed by atoms with Crippen LogP contribution in [0.4, 0.5) is 4.79 Å². The van der Waals surface area contributed by atoms with Crippen LogP contribution in [-0.4, -0.2) is 41.0 Å². The third-order valence-corrected chi connectivity index (χ3v) is 6.41. The first-order valence-corrected chi connectivity index (χ1v) is 9.92. The highest BCUT2D eigenvalue weighted by Crippen LogP contribution is 2.43. The van der Waals surface area contributed by atoms with Crippen molar-refractivity contribution in [1.82, 2.24) is 9.80 Å². The van der Waals surface area contributed by atoms with Crippen molar-refractivity contribution in [2.24, 2.45) is 0 Å². The van der Waals surface area contributed by atoms with Crippen LogP contribution in [0.3, 0.4) is 0 Å². The van der Waals surface area contributed by atoms with Crippen molar-refractivity contribution >= 4 is 6.03 Å². The molecule has 3 heteroatoms. The molecular weight excluding hydrogens is 296 g/mol. The van der Waals surface area contributed by atoms with E-state index in [9.17, 15) is 4.79 Å². The molecule has 4 rings (SSSR count). The summed E-state index contributed by atoms with van der Waals surface area (Å²) in [6.07, 6.45) is 9.47. The van der Waals surface area contributed by atoms with E-state index < -0.39 is 0 Å². The van der Waals surface area contributed by atoms with E-state index in [1.54, 1.807) is 0 Å². The fourth-order valence-electron chi connectivity index (χ4n) is 5.08. The first kappa shape index (κ1) is 16.0. The zero-order chi connectivity index (χ0) is 16.5. The summed E-state index contributed by atoms with van der Waals surface area (Å²) >= 11 is 0. The Morgan fingerprint density at radius 3 is 2.46 bits per heavy atom. The number of nitrogens with zero attached hydrogens (tertiary/aromatic N) is 2. The van der Waals surface area contributed by atoms with Crippen LogP contribution < -0.4 is 0 Å². The van der Waals surface area contributed by atoms with Crippen LogP contribution in [-0.2, 0) is 6.42 Å². The number of amides is 2. The van der Waals surface area contributed by atoms with Gasteiger partial charge in [-0.25, -0.2) is 4.79 Å². The molecule has 3 heterocycles. The van der Waals surface area contributed by atoms with Gasteiger partial charge in [-0.3, -0.25) is 0 Å². The maximum absolute atomic E-state index is 13.0. The lowest BCUT2D eigenvalue weighted by Gasteiger charge is -2.42. The van der Waals surface area contributed by atoms with E-state index in [0.717, 1.165) is 32.4 Å². The van der Waals surface area contributed by atoms with Crippen LogP contribution in [0.2, 0.25) is 0 Å². The van der Waals surface area contributed by atoms with Gasteiger partial charge in [-0.05, 0) is 68.4 Å². The fourth-order valence-corrected chi connectivity index (χ4v) is 5.08. The molecule has 0 radical (unpaired) electrons. The van der Waals surface area contributed by atoms with Gasteiger partial charge in [0.05, 0.1) is 0 Å². The molecule has 130 valence electrons. The van der Waals surface area contributed by atoms with Gasteiger partial charge in [0.1, 0.15) is 0 Å². The van der Waals surface area contributed by atoms with Crippen molar-refractivity contribution in [2.75, 3.05) is 13.1 Å². The normalized spacial score (nSPS) is 29.8. The number of hydrogen-bond acceptors (Lipinski definition) is 1. The number of carbonyl (C=O) groups excluding carboxylic acids is 1. The molecule has 3 aliphatic heterocycles. The summed E-state index contributed by atoms with van der Waals surface area (Å²) < 4.78 is 0. The molecule has 1 aromatic carbocycles. The summed E-state index contributed by atoms with van der Waals surface area (Å²) in [5, 5.41) is 0. The molecular formula is C21H30N2O. The van der Waals surface area contributed by atoms with Gasteiger partial charge >= 0.3 is 6.03 Å². The lowest BCUT2D eigenvalue weighted by Crippen LogP contribution is -2.53. The molecule has 3 nitrogen and oxygen atoms in total. The number of urea groups is 1. The highest BCUT2D eigenvalue weighted by molar-refractivity contribution is 5.76. The Morgan fingerprint density at radius 2 is 1.79 bits per heavy atom. The van der Waals surface area contributed by atoms with Crippen LogP contribution in [0.15, 0.2) is 24.3 Å². The molecule has 2 bridgehead atoms. The minimum Gasteiger partial charge on any atom is -0.325 e. The van der Waals surface area contributed by atoms with Gasteiger partial charge in [0.25, 0.3) is 0 Å². The van der Waals surface area contributed by atoms with E-state index in [1.165, 1.54) is 43.2 Å². The second-order valence-corrected chi connectivity index (χ2v) is 7.89. The average molecular weight is 326 g/mol. The van der Waals surface area contributed by atoms with E-state index in [1.807, 2.05) is 0 Å². The number of piperidine rings is 2. The quantitative estimate of drug-likeness (QED) is 0.781. The monoisotopic (exact) mass is 326 g/mol. The first-order chi connectivity index (χ1) is 11.8. The summed E-state index contributed by atoms with van der Waals surface area (Å²) in [7, 11) is 0. The topological polar surface area (TPSA) is 23.6 Å². The molecule has 3 fully saturated rings. The van der Waals surface area contributed by atoms with E-state index in [4.69, 9.17) is 0 Å². The van der Waals surface area contributed by atoms with Gasteiger partial charge in [0.2, 0.25) is 0 Å². The minimum atomic E-state index is 0.336. The smallest absolute Gasteiger partial charge is 0.320 e. The van der Waals surface area contributed by atoms with E-state index in [2.05, 4.69) is 41.0 Å². The largest absolute Gasteiger partial charge is 0.325 e. The highest BCUT2D eigenvalue weighted by atomic mass is 16.2. The zero-order valence-electron chi connectivity index (χ0n) is 14.9. The van der Waals surface area contributed by atoms with Crippen molar-refractivity contribution in [3.8, 4) is 0 Å². The second-order valence-electron chi connectivity index (χ2n) is 7.89. The number of carbonyl (C=O) groups is 1. The first-order valence-electron chi connectivity index (χ1n) is 9.92. The van der Waals surface area contributed by atoms with Gasteiger partial charge < -0.3 is 9.80 Å². The van der Waals surface area contributed by atoms with E-state index >= 15 is 0 Å². The van der Waals surface area contributed by atoms with Gasteiger partial charge in [-0.2, -0.15) is 0 Å². The van der Waals surface area contributed by atoms with Gasteiger partial charge in [-0.1, -0.05) is 31.2 Å². The Balaban J connectivity index is 1.48. The Labute approximate surface area is 146 Å². The standard InChI is InChI=1S/C21H30N2O/c1-2-16-7-6-8-17(13-16)18-14-19-9-10-20(15-18)23(19)21(24)22-11-4-3-5-12-22/h6-8,13,18-20H,2-5,9-12,14-15H2,1H3/t18?,19-,20+. The zero-order valence-corrected chi connectivity index (χ0v) is 14.9. The van der Waals surface area contributed by atoms with Crippen LogP contribution in [0, 0.1) is 0 Å². The molecule has 0 aliphatic carbocycles. The van der Waals surface area contributed by atoms with Gasteiger partial charge in [0.15, 0.2) is 0 Å².